The van der Waals surface area contributed by atoms with Gasteiger partial charge in [-0.05, 0) is 37.2 Å². The highest BCUT2D eigenvalue weighted by molar-refractivity contribution is 6.31. The van der Waals surface area contributed by atoms with Gasteiger partial charge in [0, 0.05) is 12.6 Å². The van der Waals surface area contributed by atoms with Crippen LogP contribution in [0, 0.1) is 17.2 Å². The number of halogens is 3. The van der Waals surface area contributed by atoms with E-state index in [0.717, 1.165) is 17.9 Å². The van der Waals surface area contributed by atoms with Gasteiger partial charge in [0.2, 0.25) is 0 Å². The zero-order valence-corrected chi connectivity index (χ0v) is 14.0. The number of nitrogens with zero attached hydrogens (tertiary/aromatic N) is 2. The lowest BCUT2D eigenvalue weighted by Gasteiger charge is -2.22. The summed E-state index contributed by atoms with van der Waals surface area (Å²) in [5, 5.41) is -0.0889. The third kappa shape index (κ3) is 2.55. The molecule has 0 radical (unpaired) electrons. The molecular formula is C16H19Cl2FN2. The second kappa shape index (κ2) is 5.13. The van der Waals surface area contributed by atoms with Gasteiger partial charge in [0.05, 0.1) is 21.4 Å². The normalized spacial score (nSPS) is 18.4. The summed E-state index contributed by atoms with van der Waals surface area (Å²) >= 11 is 12.2. The average molecular weight is 329 g/mol. The summed E-state index contributed by atoms with van der Waals surface area (Å²) in [6.45, 7) is 7.27. The Labute approximate surface area is 134 Å². The van der Waals surface area contributed by atoms with Gasteiger partial charge in [-0.15, -0.1) is 11.6 Å². The number of hydrogen-bond acceptors (Lipinski definition) is 1. The molecule has 1 aliphatic rings. The number of rotatable bonds is 4. The van der Waals surface area contributed by atoms with Crippen LogP contribution in [0.15, 0.2) is 12.1 Å². The first-order valence-corrected chi connectivity index (χ1v) is 8.15. The second-order valence-electron chi connectivity index (χ2n) is 6.44. The van der Waals surface area contributed by atoms with Gasteiger partial charge in [-0.1, -0.05) is 25.4 Å². The minimum atomic E-state index is -0.437. The first-order valence-electron chi connectivity index (χ1n) is 7.33. The van der Waals surface area contributed by atoms with Crippen LogP contribution in [-0.4, -0.2) is 9.55 Å². The van der Waals surface area contributed by atoms with Crippen molar-refractivity contribution in [3.05, 3.63) is 28.8 Å². The van der Waals surface area contributed by atoms with Crippen LogP contribution in [0.1, 0.15) is 44.8 Å². The average Bonchev–Trinajstić information content (AvgIpc) is 3.11. The molecule has 0 saturated heterocycles. The number of benzene rings is 1. The van der Waals surface area contributed by atoms with E-state index < -0.39 is 5.82 Å². The van der Waals surface area contributed by atoms with E-state index in [1.165, 1.54) is 18.9 Å². The number of hydrogen-bond donors (Lipinski definition) is 0. The van der Waals surface area contributed by atoms with E-state index in [0.29, 0.717) is 16.8 Å². The number of aromatic nitrogens is 2. The smallest absolute Gasteiger partial charge is 0.144 e. The van der Waals surface area contributed by atoms with Crippen molar-refractivity contribution in [2.45, 2.75) is 45.5 Å². The lowest BCUT2D eigenvalue weighted by Crippen LogP contribution is -2.19. The van der Waals surface area contributed by atoms with Gasteiger partial charge in [0.15, 0.2) is 0 Å². The van der Waals surface area contributed by atoms with Gasteiger partial charge in [0.25, 0.3) is 0 Å². The first-order chi connectivity index (χ1) is 9.84. The first kappa shape index (κ1) is 15.1. The van der Waals surface area contributed by atoms with Crippen LogP contribution in [-0.2, 0) is 6.54 Å². The molecule has 0 spiro atoms. The van der Waals surface area contributed by atoms with Crippen LogP contribution in [0.3, 0.4) is 0 Å². The SMILES string of the molecule is CC(Cl)c1nc2cc(F)c(Cl)cc2n1CC1(C(C)C)CC1. The van der Waals surface area contributed by atoms with Gasteiger partial charge < -0.3 is 4.57 Å². The summed E-state index contributed by atoms with van der Waals surface area (Å²) in [7, 11) is 0. The van der Waals surface area contributed by atoms with Crippen molar-refractivity contribution in [3.8, 4) is 0 Å². The summed E-state index contributed by atoms with van der Waals surface area (Å²) < 4.78 is 15.8. The minimum absolute atomic E-state index is 0.131. The van der Waals surface area contributed by atoms with Crippen molar-refractivity contribution in [2.75, 3.05) is 0 Å². The molecule has 5 heteroatoms. The molecule has 114 valence electrons. The van der Waals surface area contributed by atoms with E-state index in [2.05, 4.69) is 23.4 Å². The second-order valence-corrected chi connectivity index (χ2v) is 7.51. The van der Waals surface area contributed by atoms with Crippen molar-refractivity contribution >= 4 is 34.2 Å². The maximum atomic E-state index is 13.7. The van der Waals surface area contributed by atoms with Crippen molar-refractivity contribution in [1.29, 1.82) is 0 Å². The Morgan fingerprint density at radius 1 is 1.33 bits per heavy atom. The van der Waals surface area contributed by atoms with Crippen LogP contribution in [0.4, 0.5) is 4.39 Å². The molecule has 1 heterocycles. The van der Waals surface area contributed by atoms with Crippen molar-refractivity contribution < 1.29 is 4.39 Å². The van der Waals surface area contributed by atoms with E-state index in [1.54, 1.807) is 6.07 Å². The van der Waals surface area contributed by atoms with Crippen LogP contribution in [0.5, 0.6) is 0 Å². The third-order valence-electron chi connectivity index (χ3n) is 4.77. The minimum Gasteiger partial charge on any atom is -0.326 e. The molecule has 21 heavy (non-hydrogen) atoms. The molecule has 0 amide bonds. The van der Waals surface area contributed by atoms with Crippen LogP contribution >= 0.6 is 23.2 Å². The number of fused-ring (bicyclic) bond motifs is 1. The van der Waals surface area contributed by atoms with Gasteiger partial charge in [-0.2, -0.15) is 0 Å². The molecule has 1 fully saturated rings. The fourth-order valence-corrected chi connectivity index (χ4v) is 3.33. The van der Waals surface area contributed by atoms with Crippen LogP contribution in [0.2, 0.25) is 5.02 Å². The van der Waals surface area contributed by atoms with E-state index >= 15 is 0 Å². The molecule has 2 nitrogen and oxygen atoms in total. The van der Waals surface area contributed by atoms with Crippen molar-refractivity contribution in [2.24, 2.45) is 11.3 Å². The van der Waals surface area contributed by atoms with E-state index in [4.69, 9.17) is 23.2 Å². The molecule has 1 aromatic carbocycles. The molecule has 0 aliphatic heterocycles. The summed E-state index contributed by atoms with van der Waals surface area (Å²) in [6, 6.07) is 3.06. The molecule has 0 bridgehead atoms. The maximum Gasteiger partial charge on any atom is 0.144 e. The third-order valence-corrected chi connectivity index (χ3v) is 5.25. The van der Waals surface area contributed by atoms with Crippen molar-refractivity contribution in [1.82, 2.24) is 9.55 Å². The molecule has 1 aromatic heterocycles. The van der Waals surface area contributed by atoms with Crippen molar-refractivity contribution in [3.63, 3.8) is 0 Å². The standard InChI is InChI=1S/C16H19Cl2FN2/c1-9(2)16(4-5-16)8-21-14-6-11(18)12(19)7-13(14)20-15(21)10(3)17/h6-7,9-10H,4-5,8H2,1-3H3. The molecule has 1 unspecified atom stereocenters. The Balaban J connectivity index is 2.14. The molecule has 1 aliphatic carbocycles. The fraction of sp³-hybridized carbons (Fsp3) is 0.562. The zero-order valence-electron chi connectivity index (χ0n) is 12.5. The largest absolute Gasteiger partial charge is 0.326 e. The highest BCUT2D eigenvalue weighted by atomic mass is 35.5. The number of imidazole rings is 1. The van der Waals surface area contributed by atoms with E-state index in [9.17, 15) is 4.39 Å². The molecule has 1 saturated carbocycles. The van der Waals surface area contributed by atoms with Gasteiger partial charge in [0.1, 0.15) is 11.6 Å². The monoisotopic (exact) mass is 328 g/mol. The Bertz CT molecular complexity index is 687. The van der Waals surface area contributed by atoms with Crippen LogP contribution in [0.25, 0.3) is 11.0 Å². The highest BCUT2D eigenvalue weighted by Crippen LogP contribution is 2.53. The van der Waals surface area contributed by atoms with Gasteiger partial charge in [-0.3, -0.25) is 0 Å². The van der Waals surface area contributed by atoms with E-state index in [-0.39, 0.29) is 10.4 Å². The predicted molar refractivity (Wildman–Crippen MR) is 85.5 cm³/mol. The topological polar surface area (TPSA) is 17.8 Å². The molecule has 3 rings (SSSR count). The highest BCUT2D eigenvalue weighted by Gasteiger charge is 2.46. The Hall–Kier alpha value is -0.800. The Kier molecular flexibility index (Phi) is 3.69. The fourth-order valence-electron chi connectivity index (χ4n) is 3.00. The van der Waals surface area contributed by atoms with Gasteiger partial charge in [-0.25, -0.2) is 9.37 Å². The summed E-state index contributed by atoms with van der Waals surface area (Å²) in [5.74, 6) is 0.956. The lowest BCUT2D eigenvalue weighted by molar-refractivity contribution is 0.308. The zero-order chi connectivity index (χ0) is 15.4. The maximum absolute atomic E-state index is 13.7. The summed E-state index contributed by atoms with van der Waals surface area (Å²) in [5.41, 5.74) is 1.81. The Morgan fingerprint density at radius 3 is 2.52 bits per heavy atom. The summed E-state index contributed by atoms with van der Waals surface area (Å²) in [4.78, 5) is 4.52. The predicted octanol–water partition coefficient (Wildman–Crippen LogP) is 5.56. The summed E-state index contributed by atoms with van der Waals surface area (Å²) in [6.07, 6.45) is 2.44. The molecule has 2 aromatic rings. The van der Waals surface area contributed by atoms with E-state index in [1.807, 2.05) is 6.92 Å². The Morgan fingerprint density at radius 2 is 2.00 bits per heavy atom. The quantitative estimate of drug-likeness (QED) is 0.671. The van der Waals surface area contributed by atoms with Gasteiger partial charge >= 0.3 is 0 Å². The lowest BCUT2D eigenvalue weighted by atomic mass is 9.92. The number of alkyl halides is 1. The van der Waals surface area contributed by atoms with Crippen LogP contribution < -0.4 is 0 Å². The molecule has 1 atom stereocenters. The molecular weight excluding hydrogens is 310 g/mol. The molecule has 0 N–H and O–H groups in total.